The van der Waals surface area contributed by atoms with Crippen LogP contribution in [0.25, 0.3) is 0 Å². The summed E-state index contributed by atoms with van der Waals surface area (Å²) in [5.74, 6) is -1.47. The summed E-state index contributed by atoms with van der Waals surface area (Å²) in [5, 5.41) is 10.4. The minimum absolute atomic E-state index is 0.0705. The number of aromatic hydroxyl groups is 1. The molecule has 22 heavy (non-hydrogen) atoms. The second-order valence-corrected chi connectivity index (χ2v) is 5.60. The van der Waals surface area contributed by atoms with Gasteiger partial charge in [-0.15, -0.1) is 0 Å². The number of rotatable bonds is 1. The summed E-state index contributed by atoms with van der Waals surface area (Å²) < 4.78 is 0. The number of carbonyl (C=O) groups is 3. The molecule has 2 aromatic rings. The average molecular weight is 294 g/mol. The molecule has 1 N–H and O–H groups in total. The van der Waals surface area contributed by atoms with Gasteiger partial charge >= 0.3 is 0 Å². The zero-order valence-corrected chi connectivity index (χ0v) is 12.5. The first-order valence-electron chi connectivity index (χ1n) is 6.90. The first kappa shape index (κ1) is 14.2. The molecule has 110 valence electrons. The number of phenols is 1. The Morgan fingerprint density at radius 2 is 1.64 bits per heavy atom. The van der Waals surface area contributed by atoms with Crippen molar-refractivity contribution in [3.63, 3.8) is 0 Å². The summed E-state index contributed by atoms with van der Waals surface area (Å²) in [6.45, 7) is 4.78. The van der Waals surface area contributed by atoms with Crippen LogP contribution in [0.5, 0.6) is 5.75 Å². The zero-order chi connectivity index (χ0) is 16.2. The smallest absolute Gasteiger partial charge is 0.198 e. The lowest BCUT2D eigenvalue weighted by molar-refractivity contribution is 0.0974. The molecule has 3 rings (SSSR count). The van der Waals surface area contributed by atoms with E-state index in [1.165, 1.54) is 13.0 Å². The number of ketones is 3. The summed E-state index contributed by atoms with van der Waals surface area (Å²) in [5.41, 5.74) is 2.11. The normalized spacial score (nSPS) is 12.9. The van der Waals surface area contributed by atoms with Crippen molar-refractivity contribution in [3.8, 4) is 5.75 Å². The molecule has 0 unspecified atom stereocenters. The number of phenolic OH excluding ortho intramolecular Hbond substituents is 1. The van der Waals surface area contributed by atoms with Gasteiger partial charge in [0.05, 0.1) is 11.1 Å². The lowest BCUT2D eigenvalue weighted by Crippen LogP contribution is -2.22. The molecule has 0 bridgehead atoms. The van der Waals surface area contributed by atoms with E-state index in [0.717, 1.165) is 5.56 Å². The number of aryl methyl sites for hydroxylation is 2. The van der Waals surface area contributed by atoms with E-state index < -0.39 is 11.5 Å². The summed E-state index contributed by atoms with van der Waals surface area (Å²) in [4.78, 5) is 37.0. The third-order valence-corrected chi connectivity index (χ3v) is 3.99. The molecule has 0 aromatic heterocycles. The molecule has 0 saturated carbocycles. The van der Waals surface area contributed by atoms with E-state index in [1.807, 2.05) is 6.92 Å². The number of fused-ring (bicyclic) bond motifs is 2. The van der Waals surface area contributed by atoms with Gasteiger partial charge in [-0.25, -0.2) is 0 Å². The van der Waals surface area contributed by atoms with Crippen molar-refractivity contribution < 1.29 is 19.5 Å². The highest BCUT2D eigenvalue weighted by Gasteiger charge is 2.34. The fourth-order valence-corrected chi connectivity index (χ4v) is 2.98. The minimum Gasteiger partial charge on any atom is -0.506 e. The van der Waals surface area contributed by atoms with E-state index in [-0.39, 0.29) is 33.8 Å². The van der Waals surface area contributed by atoms with Crippen molar-refractivity contribution in [3.05, 3.63) is 63.2 Å². The molecule has 2 aromatic carbocycles. The highest BCUT2D eigenvalue weighted by atomic mass is 16.3. The molecule has 0 heterocycles. The Hall–Kier alpha value is -2.75. The SMILES string of the molecule is CC(=O)c1c(C)cc2c(c1O)C(=O)c1cc(C)ccc1C2=O. The summed E-state index contributed by atoms with van der Waals surface area (Å²) in [6.07, 6.45) is 0. The van der Waals surface area contributed by atoms with E-state index in [9.17, 15) is 19.5 Å². The molecule has 4 nitrogen and oxygen atoms in total. The molecule has 0 radical (unpaired) electrons. The van der Waals surface area contributed by atoms with Gasteiger partial charge in [0.1, 0.15) is 5.75 Å². The van der Waals surface area contributed by atoms with E-state index >= 15 is 0 Å². The fraction of sp³-hybridized carbons (Fsp3) is 0.167. The standard InChI is InChI=1S/C18H14O4/c1-8-4-5-11-12(6-8)17(21)15-13(16(11)20)7-9(2)14(10(3)19)18(15)22/h4-7,22H,1-3H3. The Morgan fingerprint density at radius 1 is 0.955 bits per heavy atom. The Kier molecular flexibility index (Phi) is 2.99. The number of carbonyl (C=O) groups excluding carboxylic acids is 3. The van der Waals surface area contributed by atoms with Crippen molar-refractivity contribution in [2.24, 2.45) is 0 Å². The van der Waals surface area contributed by atoms with E-state index in [0.29, 0.717) is 11.1 Å². The van der Waals surface area contributed by atoms with Gasteiger partial charge in [0, 0.05) is 16.7 Å². The Labute approximate surface area is 127 Å². The maximum atomic E-state index is 12.7. The van der Waals surface area contributed by atoms with Crippen LogP contribution in [-0.4, -0.2) is 22.5 Å². The number of hydrogen-bond donors (Lipinski definition) is 1. The molecule has 0 aliphatic heterocycles. The van der Waals surface area contributed by atoms with Gasteiger partial charge in [-0.05, 0) is 38.5 Å². The Morgan fingerprint density at radius 3 is 2.27 bits per heavy atom. The summed E-state index contributed by atoms with van der Waals surface area (Å²) in [7, 11) is 0. The van der Waals surface area contributed by atoms with E-state index in [1.54, 1.807) is 25.1 Å². The number of benzene rings is 2. The van der Waals surface area contributed by atoms with Crippen LogP contribution in [0.2, 0.25) is 0 Å². The van der Waals surface area contributed by atoms with E-state index in [2.05, 4.69) is 0 Å². The van der Waals surface area contributed by atoms with Crippen LogP contribution in [0, 0.1) is 13.8 Å². The van der Waals surface area contributed by atoms with Crippen LogP contribution in [0.1, 0.15) is 60.3 Å². The molecule has 1 aliphatic rings. The molecule has 0 fully saturated rings. The minimum atomic E-state index is -0.423. The van der Waals surface area contributed by atoms with Crippen LogP contribution < -0.4 is 0 Å². The van der Waals surface area contributed by atoms with Gasteiger partial charge in [0.15, 0.2) is 17.3 Å². The highest BCUT2D eigenvalue weighted by molar-refractivity contribution is 6.30. The molecule has 0 amide bonds. The molecule has 0 atom stereocenters. The molecule has 0 saturated heterocycles. The predicted octanol–water partition coefficient (Wildman–Crippen LogP) is 2.99. The van der Waals surface area contributed by atoms with Gasteiger partial charge in [-0.1, -0.05) is 17.7 Å². The molecule has 1 aliphatic carbocycles. The molecular formula is C18H14O4. The second-order valence-electron chi connectivity index (χ2n) is 5.60. The van der Waals surface area contributed by atoms with Crippen molar-refractivity contribution in [2.45, 2.75) is 20.8 Å². The van der Waals surface area contributed by atoms with Gasteiger partial charge < -0.3 is 5.11 Å². The average Bonchev–Trinajstić information content (AvgIpc) is 2.43. The van der Waals surface area contributed by atoms with Crippen LogP contribution in [0.3, 0.4) is 0 Å². The largest absolute Gasteiger partial charge is 0.506 e. The lowest BCUT2D eigenvalue weighted by atomic mass is 9.80. The van der Waals surface area contributed by atoms with Gasteiger partial charge in [0.25, 0.3) is 0 Å². The van der Waals surface area contributed by atoms with Crippen LogP contribution >= 0.6 is 0 Å². The number of hydrogen-bond acceptors (Lipinski definition) is 4. The van der Waals surface area contributed by atoms with Crippen molar-refractivity contribution in [2.75, 3.05) is 0 Å². The summed E-state index contributed by atoms with van der Waals surface area (Å²) >= 11 is 0. The predicted molar refractivity (Wildman–Crippen MR) is 80.9 cm³/mol. The first-order chi connectivity index (χ1) is 10.3. The van der Waals surface area contributed by atoms with Crippen molar-refractivity contribution >= 4 is 17.3 Å². The van der Waals surface area contributed by atoms with Crippen LogP contribution in [0.4, 0.5) is 0 Å². The van der Waals surface area contributed by atoms with Gasteiger partial charge in [-0.2, -0.15) is 0 Å². The fourth-order valence-electron chi connectivity index (χ4n) is 2.98. The quantitative estimate of drug-likeness (QED) is 0.700. The maximum absolute atomic E-state index is 12.7. The van der Waals surface area contributed by atoms with Crippen LogP contribution in [-0.2, 0) is 0 Å². The third-order valence-electron chi connectivity index (χ3n) is 3.99. The monoisotopic (exact) mass is 294 g/mol. The first-order valence-corrected chi connectivity index (χ1v) is 6.90. The van der Waals surface area contributed by atoms with E-state index in [4.69, 9.17) is 0 Å². The molecule has 0 spiro atoms. The third kappa shape index (κ3) is 1.80. The Balaban J connectivity index is 2.38. The van der Waals surface area contributed by atoms with Crippen molar-refractivity contribution in [1.82, 2.24) is 0 Å². The second kappa shape index (κ2) is 4.63. The van der Waals surface area contributed by atoms with Gasteiger partial charge in [0.2, 0.25) is 0 Å². The molecular weight excluding hydrogens is 280 g/mol. The highest BCUT2D eigenvalue weighted by Crippen LogP contribution is 2.37. The number of Topliss-reactive ketones (excluding diaryl/α,β-unsaturated/α-hetero) is 1. The van der Waals surface area contributed by atoms with Crippen LogP contribution in [0.15, 0.2) is 24.3 Å². The molecule has 4 heteroatoms. The Bertz CT molecular complexity index is 875. The zero-order valence-electron chi connectivity index (χ0n) is 12.5. The van der Waals surface area contributed by atoms with Crippen molar-refractivity contribution in [1.29, 1.82) is 0 Å². The maximum Gasteiger partial charge on any atom is 0.198 e. The van der Waals surface area contributed by atoms with Gasteiger partial charge in [-0.3, -0.25) is 14.4 Å². The lowest BCUT2D eigenvalue weighted by Gasteiger charge is -2.21. The topological polar surface area (TPSA) is 71.4 Å². The summed E-state index contributed by atoms with van der Waals surface area (Å²) in [6, 6.07) is 6.53.